The predicted molar refractivity (Wildman–Crippen MR) is 69.6 cm³/mol. The number of nitrogen functional groups attached to an aromatic ring is 1. The van der Waals surface area contributed by atoms with Crippen molar-refractivity contribution in [2.24, 2.45) is 7.05 Å². The molecule has 0 unspecified atom stereocenters. The molecule has 0 spiro atoms. The van der Waals surface area contributed by atoms with E-state index in [2.05, 4.69) is 9.82 Å². The van der Waals surface area contributed by atoms with Crippen molar-refractivity contribution in [2.75, 3.05) is 10.5 Å². The summed E-state index contributed by atoms with van der Waals surface area (Å²) < 4.78 is 41.1. The van der Waals surface area contributed by atoms with Gasteiger partial charge < -0.3 is 5.73 Å². The summed E-state index contributed by atoms with van der Waals surface area (Å²) >= 11 is 0. The van der Waals surface area contributed by atoms with Gasteiger partial charge in [-0.15, -0.1) is 0 Å². The van der Waals surface area contributed by atoms with E-state index in [1.165, 1.54) is 10.7 Å². The summed E-state index contributed by atoms with van der Waals surface area (Å²) in [6.45, 7) is 1.73. The SMILES string of the molecule is Cc1cc(NS(=O)(=O)c2cc(F)ccc2N)n(C)n1. The molecular formula is C11H13FN4O2S. The molecule has 0 saturated carbocycles. The van der Waals surface area contributed by atoms with Crippen LogP contribution in [0.2, 0.25) is 0 Å². The van der Waals surface area contributed by atoms with Crippen molar-refractivity contribution in [1.82, 2.24) is 9.78 Å². The molecule has 0 bridgehead atoms. The third kappa shape index (κ3) is 2.68. The van der Waals surface area contributed by atoms with Crippen LogP contribution in [0.15, 0.2) is 29.2 Å². The largest absolute Gasteiger partial charge is 0.398 e. The van der Waals surface area contributed by atoms with Gasteiger partial charge in [0.25, 0.3) is 10.0 Å². The fourth-order valence-corrected chi connectivity index (χ4v) is 2.86. The van der Waals surface area contributed by atoms with Crippen LogP contribution in [0.3, 0.4) is 0 Å². The molecule has 6 nitrogen and oxygen atoms in total. The Morgan fingerprint density at radius 3 is 2.63 bits per heavy atom. The Labute approximate surface area is 110 Å². The highest BCUT2D eigenvalue weighted by molar-refractivity contribution is 7.92. The van der Waals surface area contributed by atoms with E-state index in [1.807, 2.05) is 0 Å². The zero-order valence-corrected chi connectivity index (χ0v) is 11.2. The van der Waals surface area contributed by atoms with Gasteiger partial charge >= 0.3 is 0 Å². The van der Waals surface area contributed by atoms with Crippen LogP contribution in [0, 0.1) is 12.7 Å². The number of halogens is 1. The summed E-state index contributed by atoms with van der Waals surface area (Å²) in [6.07, 6.45) is 0. The third-order valence-corrected chi connectivity index (χ3v) is 3.92. The molecule has 0 fully saturated rings. The van der Waals surface area contributed by atoms with Gasteiger partial charge in [-0.25, -0.2) is 12.8 Å². The molecule has 2 rings (SSSR count). The fraction of sp³-hybridized carbons (Fsp3) is 0.182. The molecule has 1 heterocycles. The molecule has 3 N–H and O–H groups in total. The standard InChI is InChI=1S/C11H13FN4O2S/c1-7-5-11(16(2)14-7)15-19(17,18)10-6-8(12)3-4-9(10)13/h3-6,15H,13H2,1-2H3. The maximum Gasteiger partial charge on any atom is 0.265 e. The molecule has 0 saturated heterocycles. The second-order valence-corrected chi connectivity index (χ2v) is 5.73. The van der Waals surface area contributed by atoms with Gasteiger partial charge in [0, 0.05) is 13.1 Å². The molecular weight excluding hydrogens is 271 g/mol. The number of hydrogen-bond acceptors (Lipinski definition) is 4. The maximum absolute atomic E-state index is 13.1. The summed E-state index contributed by atoms with van der Waals surface area (Å²) in [7, 11) is -2.35. The van der Waals surface area contributed by atoms with Gasteiger partial charge in [0.15, 0.2) is 0 Å². The first-order valence-corrected chi connectivity index (χ1v) is 6.86. The van der Waals surface area contributed by atoms with Gasteiger partial charge in [-0.3, -0.25) is 9.40 Å². The lowest BCUT2D eigenvalue weighted by atomic mass is 10.3. The van der Waals surface area contributed by atoms with Crippen LogP contribution in [0.5, 0.6) is 0 Å². The van der Waals surface area contributed by atoms with Crippen molar-refractivity contribution in [2.45, 2.75) is 11.8 Å². The first-order valence-electron chi connectivity index (χ1n) is 5.38. The van der Waals surface area contributed by atoms with Crippen molar-refractivity contribution in [3.8, 4) is 0 Å². The van der Waals surface area contributed by atoms with Crippen LogP contribution in [0.25, 0.3) is 0 Å². The summed E-state index contributed by atoms with van der Waals surface area (Å²) in [5, 5.41) is 4.01. The topological polar surface area (TPSA) is 90.0 Å². The minimum absolute atomic E-state index is 0.0206. The summed E-state index contributed by atoms with van der Waals surface area (Å²) in [5.74, 6) is -0.392. The van der Waals surface area contributed by atoms with E-state index in [0.29, 0.717) is 5.69 Å². The molecule has 102 valence electrons. The quantitative estimate of drug-likeness (QED) is 0.830. The minimum atomic E-state index is -3.95. The van der Waals surface area contributed by atoms with E-state index >= 15 is 0 Å². The Kier molecular flexibility index (Phi) is 3.19. The van der Waals surface area contributed by atoms with Crippen molar-refractivity contribution < 1.29 is 12.8 Å². The second kappa shape index (κ2) is 4.54. The van der Waals surface area contributed by atoms with E-state index in [4.69, 9.17) is 5.73 Å². The molecule has 0 amide bonds. The van der Waals surface area contributed by atoms with Crippen LogP contribution in [0.1, 0.15) is 5.69 Å². The normalized spacial score (nSPS) is 11.5. The Bertz CT molecular complexity index is 724. The molecule has 0 aliphatic heterocycles. The summed E-state index contributed by atoms with van der Waals surface area (Å²) in [4.78, 5) is -0.300. The zero-order chi connectivity index (χ0) is 14.2. The number of nitrogens with zero attached hydrogens (tertiary/aromatic N) is 2. The number of nitrogens with one attached hydrogen (secondary N) is 1. The predicted octanol–water partition coefficient (Wildman–Crippen LogP) is 1.25. The minimum Gasteiger partial charge on any atom is -0.398 e. The lowest BCUT2D eigenvalue weighted by Crippen LogP contribution is -2.17. The van der Waals surface area contributed by atoms with Crippen molar-refractivity contribution in [3.05, 3.63) is 35.8 Å². The summed E-state index contributed by atoms with van der Waals surface area (Å²) in [6, 6.07) is 4.74. The van der Waals surface area contributed by atoms with Crippen LogP contribution >= 0.6 is 0 Å². The number of aromatic nitrogens is 2. The molecule has 1 aromatic carbocycles. The number of anilines is 2. The van der Waals surface area contributed by atoms with Crippen molar-refractivity contribution in [3.63, 3.8) is 0 Å². The van der Waals surface area contributed by atoms with Crippen LogP contribution < -0.4 is 10.5 Å². The number of benzene rings is 1. The third-order valence-electron chi connectivity index (χ3n) is 2.51. The molecule has 0 aliphatic carbocycles. The number of hydrogen-bond donors (Lipinski definition) is 2. The highest BCUT2D eigenvalue weighted by atomic mass is 32.2. The highest BCUT2D eigenvalue weighted by Gasteiger charge is 2.20. The Morgan fingerprint density at radius 2 is 2.05 bits per heavy atom. The van der Waals surface area contributed by atoms with E-state index in [0.717, 1.165) is 12.1 Å². The molecule has 0 radical (unpaired) electrons. The Hall–Kier alpha value is -2.09. The summed E-state index contributed by atoms with van der Waals surface area (Å²) in [5.41, 5.74) is 6.20. The highest BCUT2D eigenvalue weighted by Crippen LogP contribution is 2.22. The lowest BCUT2D eigenvalue weighted by molar-refractivity contribution is 0.595. The van der Waals surface area contributed by atoms with Gasteiger partial charge in [-0.05, 0) is 25.1 Å². The fourth-order valence-electron chi connectivity index (χ4n) is 1.64. The van der Waals surface area contributed by atoms with Gasteiger partial charge in [0.2, 0.25) is 0 Å². The molecule has 8 heteroatoms. The van der Waals surface area contributed by atoms with Gasteiger partial charge in [-0.2, -0.15) is 5.10 Å². The molecule has 0 aliphatic rings. The average molecular weight is 284 g/mol. The monoisotopic (exact) mass is 284 g/mol. The number of sulfonamides is 1. The smallest absolute Gasteiger partial charge is 0.265 e. The number of rotatable bonds is 3. The Morgan fingerprint density at radius 1 is 1.37 bits per heavy atom. The van der Waals surface area contributed by atoms with Crippen LogP contribution in [-0.4, -0.2) is 18.2 Å². The lowest BCUT2D eigenvalue weighted by Gasteiger charge is -2.10. The average Bonchev–Trinajstić information content (AvgIpc) is 2.60. The van der Waals surface area contributed by atoms with Crippen LogP contribution in [0.4, 0.5) is 15.9 Å². The van der Waals surface area contributed by atoms with Crippen LogP contribution in [-0.2, 0) is 17.1 Å². The van der Waals surface area contributed by atoms with Crippen molar-refractivity contribution in [1.29, 1.82) is 0 Å². The first kappa shape index (κ1) is 13.3. The van der Waals surface area contributed by atoms with E-state index in [9.17, 15) is 12.8 Å². The Balaban J connectivity index is 2.43. The maximum atomic E-state index is 13.1. The molecule has 19 heavy (non-hydrogen) atoms. The zero-order valence-electron chi connectivity index (χ0n) is 10.4. The van der Waals surface area contributed by atoms with Crippen molar-refractivity contribution >= 4 is 21.5 Å². The van der Waals surface area contributed by atoms with Gasteiger partial charge in [0.05, 0.1) is 11.4 Å². The molecule has 2 aromatic rings. The second-order valence-electron chi connectivity index (χ2n) is 4.08. The molecule has 1 aromatic heterocycles. The van der Waals surface area contributed by atoms with E-state index in [1.54, 1.807) is 20.0 Å². The molecule has 0 atom stereocenters. The van der Waals surface area contributed by atoms with E-state index < -0.39 is 15.8 Å². The van der Waals surface area contributed by atoms with Gasteiger partial charge in [-0.1, -0.05) is 0 Å². The first-order chi connectivity index (χ1) is 8.79. The van der Waals surface area contributed by atoms with E-state index in [-0.39, 0.29) is 16.4 Å². The number of nitrogens with two attached hydrogens (primary N) is 1. The van der Waals surface area contributed by atoms with Gasteiger partial charge in [0.1, 0.15) is 16.5 Å². The number of aryl methyl sites for hydroxylation is 2.